The molecule has 0 radical (unpaired) electrons. The predicted octanol–water partition coefficient (Wildman–Crippen LogP) is 0.970. The minimum atomic E-state index is 0. The first-order valence-electron chi connectivity index (χ1n) is 13.1. The number of fused-ring (bicyclic) bond motifs is 6. The van der Waals surface area contributed by atoms with Crippen molar-refractivity contribution in [2.75, 3.05) is 0 Å². The SMILES string of the molecule is [Br-].[Br-].c1ccc2c(c1)[nH]c1c[n+](CCCCCCCCC[n+]3ccc4c(c3)[nH]c3ccccc34)ccc12. The Hall–Kier alpha value is -2.70. The number of benzene rings is 2. The van der Waals surface area contributed by atoms with Crippen LogP contribution in [0.5, 0.6) is 0 Å². The number of aryl methyl sites for hydroxylation is 2. The number of nitrogens with one attached hydrogen (secondary N) is 2. The van der Waals surface area contributed by atoms with Gasteiger partial charge < -0.3 is 43.9 Å². The monoisotopic (exact) mass is 620 g/mol. The van der Waals surface area contributed by atoms with Crippen molar-refractivity contribution in [1.29, 1.82) is 0 Å². The quantitative estimate of drug-likeness (QED) is 0.169. The number of para-hydroxylation sites is 2. The number of H-pyrrole nitrogens is 2. The third-order valence-corrected chi connectivity index (χ3v) is 7.34. The van der Waals surface area contributed by atoms with Crippen molar-refractivity contribution in [1.82, 2.24) is 9.97 Å². The van der Waals surface area contributed by atoms with Gasteiger partial charge in [0.05, 0.1) is 0 Å². The van der Waals surface area contributed by atoms with E-state index in [2.05, 4.69) is 105 Å². The van der Waals surface area contributed by atoms with Crippen molar-refractivity contribution in [3.63, 3.8) is 0 Å². The van der Waals surface area contributed by atoms with Gasteiger partial charge in [-0.2, -0.15) is 0 Å². The van der Waals surface area contributed by atoms with Gasteiger partial charge >= 0.3 is 0 Å². The average molecular weight is 622 g/mol. The van der Waals surface area contributed by atoms with Crippen molar-refractivity contribution >= 4 is 43.6 Å². The summed E-state index contributed by atoms with van der Waals surface area (Å²) in [6.07, 6.45) is 18.1. The fourth-order valence-corrected chi connectivity index (χ4v) is 5.44. The molecule has 0 bridgehead atoms. The molecule has 0 atom stereocenters. The van der Waals surface area contributed by atoms with Gasteiger partial charge in [-0.15, -0.1) is 0 Å². The number of pyridine rings is 2. The van der Waals surface area contributed by atoms with Crippen LogP contribution in [0, 0.1) is 0 Å². The Kier molecular flexibility index (Phi) is 9.38. The molecular weight excluding hydrogens is 588 g/mol. The number of hydrogen-bond donors (Lipinski definition) is 2. The zero-order valence-electron chi connectivity index (χ0n) is 21.1. The molecule has 0 fully saturated rings. The number of aromatic amines is 2. The molecule has 0 amide bonds. The average Bonchev–Trinajstić information content (AvgIpc) is 3.45. The zero-order chi connectivity index (χ0) is 23.5. The Morgan fingerprint density at radius 1 is 0.432 bits per heavy atom. The van der Waals surface area contributed by atoms with Gasteiger partial charge in [-0.3, -0.25) is 0 Å². The molecule has 6 aromatic rings. The summed E-state index contributed by atoms with van der Waals surface area (Å²) in [5.74, 6) is 0. The highest BCUT2D eigenvalue weighted by molar-refractivity contribution is 6.07. The van der Waals surface area contributed by atoms with E-state index in [0.717, 1.165) is 13.1 Å². The van der Waals surface area contributed by atoms with Gasteiger partial charge in [-0.25, -0.2) is 9.13 Å². The van der Waals surface area contributed by atoms with Crippen molar-refractivity contribution in [2.24, 2.45) is 0 Å². The van der Waals surface area contributed by atoms with Crippen LogP contribution in [0.3, 0.4) is 0 Å². The molecule has 4 aromatic heterocycles. The Balaban J connectivity index is 0.00000160. The second kappa shape index (κ2) is 12.7. The first-order valence-corrected chi connectivity index (χ1v) is 13.1. The summed E-state index contributed by atoms with van der Waals surface area (Å²) in [5.41, 5.74) is 4.90. The van der Waals surface area contributed by atoms with Gasteiger partial charge in [-0.1, -0.05) is 55.7 Å². The summed E-state index contributed by atoms with van der Waals surface area (Å²) in [7, 11) is 0. The minimum absolute atomic E-state index is 0. The molecule has 0 aliphatic heterocycles. The lowest BCUT2D eigenvalue weighted by Crippen LogP contribution is -3.00. The highest BCUT2D eigenvalue weighted by Gasteiger charge is 2.10. The Bertz CT molecular complexity index is 1480. The summed E-state index contributed by atoms with van der Waals surface area (Å²) in [6, 6.07) is 21.6. The lowest BCUT2D eigenvalue weighted by molar-refractivity contribution is -0.696. The maximum atomic E-state index is 3.55. The van der Waals surface area contributed by atoms with Crippen LogP contribution in [0.4, 0.5) is 0 Å². The van der Waals surface area contributed by atoms with E-state index in [1.54, 1.807) is 0 Å². The van der Waals surface area contributed by atoms with E-state index >= 15 is 0 Å². The topological polar surface area (TPSA) is 39.3 Å². The van der Waals surface area contributed by atoms with Crippen LogP contribution in [0.2, 0.25) is 0 Å². The standard InChI is InChI=1S/C31H32N4.2BrH/c1(2-4-10-18-34-20-16-26-24-12-6-8-14-28(24)32-30(26)22-34)3-5-11-19-35-21-17-27-25-13-7-9-15-29(25)33-31(27)23-35;;/h6-9,12-17,20-23H,1-5,10-11,18-19H2;2*1H. The molecule has 0 saturated carbocycles. The largest absolute Gasteiger partial charge is 1.00 e. The third kappa shape index (κ3) is 6.07. The molecule has 0 saturated heterocycles. The fraction of sp³-hybridized carbons (Fsp3) is 0.290. The molecule has 37 heavy (non-hydrogen) atoms. The fourth-order valence-electron chi connectivity index (χ4n) is 5.44. The molecule has 0 aliphatic rings. The predicted molar refractivity (Wildman–Crippen MR) is 144 cm³/mol. The smallest absolute Gasteiger partial charge is 0.193 e. The molecule has 0 unspecified atom stereocenters. The Labute approximate surface area is 239 Å². The first-order chi connectivity index (χ1) is 17.3. The number of hydrogen-bond acceptors (Lipinski definition) is 0. The molecule has 0 spiro atoms. The van der Waals surface area contributed by atoms with E-state index in [9.17, 15) is 0 Å². The summed E-state index contributed by atoms with van der Waals surface area (Å²) >= 11 is 0. The van der Waals surface area contributed by atoms with Gasteiger partial charge in [0, 0.05) is 57.6 Å². The van der Waals surface area contributed by atoms with Gasteiger partial charge in [0.15, 0.2) is 24.8 Å². The number of nitrogens with zero attached hydrogens (tertiary/aromatic N) is 2. The summed E-state index contributed by atoms with van der Waals surface area (Å²) < 4.78 is 4.66. The van der Waals surface area contributed by atoms with Crippen LogP contribution in [-0.2, 0) is 13.1 Å². The van der Waals surface area contributed by atoms with E-state index in [4.69, 9.17) is 0 Å². The van der Waals surface area contributed by atoms with Gasteiger partial charge in [-0.05, 0) is 25.0 Å². The van der Waals surface area contributed by atoms with Crippen LogP contribution in [0.25, 0.3) is 43.6 Å². The summed E-state index contributed by atoms with van der Waals surface area (Å²) in [5, 5.41) is 5.26. The second-order valence-corrected chi connectivity index (χ2v) is 9.84. The molecule has 192 valence electrons. The highest BCUT2D eigenvalue weighted by atomic mass is 79.9. The number of rotatable bonds is 10. The molecule has 4 nitrogen and oxygen atoms in total. The Morgan fingerprint density at radius 2 is 0.811 bits per heavy atom. The molecule has 2 N–H and O–H groups in total. The lowest BCUT2D eigenvalue weighted by atomic mass is 10.1. The van der Waals surface area contributed by atoms with Crippen LogP contribution in [-0.4, -0.2) is 9.97 Å². The van der Waals surface area contributed by atoms with E-state index in [1.165, 1.54) is 88.6 Å². The normalized spacial score (nSPS) is 11.2. The maximum absolute atomic E-state index is 3.55. The van der Waals surface area contributed by atoms with Crippen LogP contribution < -0.4 is 43.1 Å². The first kappa shape index (κ1) is 27.3. The van der Waals surface area contributed by atoms with Crippen molar-refractivity contribution in [2.45, 2.75) is 58.0 Å². The van der Waals surface area contributed by atoms with E-state index in [-0.39, 0.29) is 34.0 Å². The molecule has 6 rings (SSSR count). The maximum Gasteiger partial charge on any atom is 0.193 e. The van der Waals surface area contributed by atoms with Crippen molar-refractivity contribution < 1.29 is 43.1 Å². The van der Waals surface area contributed by atoms with E-state index in [0.29, 0.717) is 0 Å². The number of halogens is 2. The number of aromatic nitrogens is 4. The molecule has 2 aromatic carbocycles. The van der Waals surface area contributed by atoms with Crippen LogP contribution in [0.15, 0.2) is 85.5 Å². The molecular formula is C31H34Br2N4. The van der Waals surface area contributed by atoms with Gasteiger partial charge in [0.2, 0.25) is 0 Å². The highest BCUT2D eigenvalue weighted by Crippen LogP contribution is 2.24. The Morgan fingerprint density at radius 3 is 1.27 bits per heavy atom. The molecule has 4 heterocycles. The van der Waals surface area contributed by atoms with Crippen LogP contribution in [0.1, 0.15) is 44.9 Å². The second-order valence-electron chi connectivity index (χ2n) is 9.84. The lowest BCUT2D eigenvalue weighted by Gasteiger charge is -2.01. The van der Waals surface area contributed by atoms with Crippen LogP contribution >= 0.6 is 0 Å². The van der Waals surface area contributed by atoms with Gasteiger partial charge in [0.25, 0.3) is 0 Å². The zero-order valence-corrected chi connectivity index (χ0v) is 24.3. The molecule has 0 aliphatic carbocycles. The third-order valence-electron chi connectivity index (χ3n) is 7.34. The van der Waals surface area contributed by atoms with E-state index < -0.39 is 0 Å². The van der Waals surface area contributed by atoms with Crippen molar-refractivity contribution in [3.05, 3.63) is 85.5 Å². The molecule has 6 heteroatoms. The minimum Gasteiger partial charge on any atom is -1.00 e. The van der Waals surface area contributed by atoms with Gasteiger partial charge in [0.1, 0.15) is 24.1 Å². The number of unbranched alkanes of at least 4 members (excludes halogenated alkanes) is 6. The van der Waals surface area contributed by atoms with E-state index in [1.807, 2.05) is 0 Å². The summed E-state index contributed by atoms with van der Waals surface area (Å²) in [6.45, 7) is 2.19. The summed E-state index contributed by atoms with van der Waals surface area (Å²) in [4.78, 5) is 7.10. The van der Waals surface area contributed by atoms with Crippen molar-refractivity contribution in [3.8, 4) is 0 Å².